The molecule has 6 heteroatoms. The van der Waals surface area contributed by atoms with E-state index in [0.29, 0.717) is 6.54 Å². The standard InChI is InChI=1S/C10H15N3O3/c14-9(3-4-10(15)16)13-5-1-2-8-11-6-7-12-8/h6-7H,1-5H2,(H,11,12)(H,13,14)(H,15,16). The Morgan fingerprint density at radius 1 is 1.44 bits per heavy atom. The Hall–Kier alpha value is -1.85. The van der Waals surface area contributed by atoms with Gasteiger partial charge in [-0.15, -0.1) is 0 Å². The van der Waals surface area contributed by atoms with Crippen molar-refractivity contribution in [3.63, 3.8) is 0 Å². The zero-order valence-corrected chi connectivity index (χ0v) is 8.90. The summed E-state index contributed by atoms with van der Waals surface area (Å²) < 4.78 is 0. The van der Waals surface area contributed by atoms with Gasteiger partial charge in [-0.25, -0.2) is 4.98 Å². The molecule has 0 saturated heterocycles. The minimum atomic E-state index is -0.953. The average molecular weight is 225 g/mol. The first-order valence-electron chi connectivity index (χ1n) is 5.15. The third-order valence-corrected chi connectivity index (χ3v) is 2.03. The first-order valence-corrected chi connectivity index (χ1v) is 5.15. The van der Waals surface area contributed by atoms with Gasteiger partial charge in [0.1, 0.15) is 5.82 Å². The van der Waals surface area contributed by atoms with Crippen molar-refractivity contribution in [1.29, 1.82) is 0 Å². The van der Waals surface area contributed by atoms with Crippen molar-refractivity contribution < 1.29 is 14.7 Å². The van der Waals surface area contributed by atoms with Gasteiger partial charge >= 0.3 is 5.97 Å². The Balaban J connectivity index is 2.02. The molecule has 0 fully saturated rings. The van der Waals surface area contributed by atoms with Gasteiger partial charge in [-0.3, -0.25) is 9.59 Å². The second kappa shape index (κ2) is 6.60. The number of imidazole rings is 1. The van der Waals surface area contributed by atoms with E-state index in [1.54, 1.807) is 12.4 Å². The number of hydrogen-bond donors (Lipinski definition) is 3. The van der Waals surface area contributed by atoms with Crippen LogP contribution in [-0.2, 0) is 16.0 Å². The smallest absolute Gasteiger partial charge is 0.303 e. The van der Waals surface area contributed by atoms with Crippen LogP contribution in [0.1, 0.15) is 25.1 Å². The highest BCUT2D eigenvalue weighted by molar-refractivity contribution is 5.80. The number of hydrogen-bond acceptors (Lipinski definition) is 3. The molecule has 0 atom stereocenters. The number of carboxylic acid groups (broad SMARTS) is 1. The van der Waals surface area contributed by atoms with Gasteiger partial charge in [-0.1, -0.05) is 0 Å². The molecule has 0 aliphatic rings. The molecule has 16 heavy (non-hydrogen) atoms. The summed E-state index contributed by atoms with van der Waals surface area (Å²) >= 11 is 0. The number of aryl methyl sites for hydroxylation is 1. The molecule has 1 aromatic rings. The van der Waals surface area contributed by atoms with E-state index in [2.05, 4.69) is 15.3 Å². The molecule has 1 amide bonds. The number of rotatable bonds is 7. The normalized spacial score (nSPS) is 10.0. The number of nitrogens with one attached hydrogen (secondary N) is 2. The molecule has 6 nitrogen and oxygen atoms in total. The van der Waals surface area contributed by atoms with Crippen LogP contribution in [0.25, 0.3) is 0 Å². The average Bonchev–Trinajstić information content (AvgIpc) is 2.74. The molecule has 0 aromatic carbocycles. The van der Waals surface area contributed by atoms with Crippen LogP contribution in [0.3, 0.4) is 0 Å². The Morgan fingerprint density at radius 2 is 2.25 bits per heavy atom. The van der Waals surface area contributed by atoms with Gasteiger partial charge in [-0.2, -0.15) is 0 Å². The molecule has 0 bridgehead atoms. The van der Waals surface area contributed by atoms with E-state index in [1.807, 2.05) is 0 Å². The zero-order chi connectivity index (χ0) is 11.8. The van der Waals surface area contributed by atoms with E-state index in [4.69, 9.17) is 5.11 Å². The summed E-state index contributed by atoms with van der Waals surface area (Å²) in [4.78, 5) is 28.3. The Morgan fingerprint density at radius 3 is 2.88 bits per heavy atom. The second-order valence-electron chi connectivity index (χ2n) is 3.38. The molecule has 1 heterocycles. The van der Waals surface area contributed by atoms with Crippen LogP contribution >= 0.6 is 0 Å². The Labute approximate surface area is 93.1 Å². The number of nitrogens with zero attached hydrogens (tertiary/aromatic N) is 1. The quantitative estimate of drug-likeness (QED) is 0.582. The monoisotopic (exact) mass is 225 g/mol. The van der Waals surface area contributed by atoms with Crippen LogP contribution in [0, 0.1) is 0 Å². The van der Waals surface area contributed by atoms with Crippen molar-refractivity contribution in [2.24, 2.45) is 0 Å². The lowest BCUT2D eigenvalue weighted by Crippen LogP contribution is -2.25. The summed E-state index contributed by atoms with van der Waals surface area (Å²) in [5.41, 5.74) is 0. The molecule has 0 aliphatic carbocycles. The summed E-state index contributed by atoms with van der Waals surface area (Å²) in [6.45, 7) is 0.541. The minimum absolute atomic E-state index is 0.0378. The van der Waals surface area contributed by atoms with Crippen LogP contribution in [0.2, 0.25) is 0 Å². The molecule has 3 N–H and O–H groups in total. The summed E-state index contributed by atoms with van der Waals surface area (Å²) in [6, 6.07) is 0. The number of carbonyl (C=O) groups is 2. The Bertz CT molecular complexity index is 335. The topological polar surface area (TPSA) is 95.1 Å². The molecule has 0 unspecified atom stereocenters. The summed E-state index contributed by atoms with van der Waals surface area (Å²) in [5, 5.41) is 11.0. The maximum Gasteiger partial charge on any atom is 0.303 e. The van der Waals surface area contributed by atoms with Crippen molar-refractivity contribution in [3.05, 3.63) is 18.2 Å². The molecule has 1 aromatic heterocycles. The molecular weight excluding hydrogens is 210 g/mol. The second-order valence-corrected chi connectivity index (χ2v) is 3.38. The van der Waals surface area contributed by atoms with E-state index >= 15 is 0 Å². The number of aromatic amines is 1. The minimum Gasteiger partial charge on any atom is -0.481 e. The fourth-order valence-corrected chi connectivity index (χ4v) is 1.23. The fourth-order valence-electron chi connectivity index (χ4n) is 1.23. The van der Waals surface area contributed by atoms with Crippen LogP contribution in [0.5, 0.6) is 0 Å². The molecule has 0 aliphatic heterocycles. The largest absolute Gasteiger partial charge is 0.481 e. The SMILES string of the molecule is O=C(O)CCC(=O)NCCCc1ncc[nH]1. The van der Waals surface area contributed by atoms with Gasteiger partial charge in [0.25, 0.3) is 0 Å². The molecule has 88 valence electrons. The van der Waals surface area contributed by atoms with Crippen LogP contribution in [0.4, 0.5) is 0 Å². The third kappa shape index (κ3) is 5.14. The van der Waals surface area contributed by atoms with Crippen molar-refractivity contribution in [2.75, 3.05) is 6.54 Å². The molecule has 0 saturated carbocycles. The predicted molar refractivity (Wildman–Crippen MR) is 56.8 cm³/mol. The highest BCUT2D eigenvalue weighted by Gasteiger charge is 2.04. The first-order chi connectivity index (χ1) is 7.68. The number of carboxylic acids is 1. The maximum absolute atomic E-state index is 11.1. The lowest BCUT2D eigenvalue weighted by Gasteiger charge is -2.02. The molecule has 0 radical (unpaired) electrons. The van der Waals surface area contributed by atoms with E-state index in [1.165, 1.54) is 0 Å². The van der Waals surface area contributed by atoms with E-state index < -0.39 is 5.97 Å². The van der Waals surface area contributed by atoms with Crippen molar-refractivity contribution in [2.45, 2.75) is 25.7 Å². The molecule has 0 spiro atoms. The first kappa shape index (κ1) is 12.2. The maximum atomic E-state index is 11.1. The lowest BCUT2D eigenvalue weighted by atomic mass is 10.2. The van der Waals surface area contributed by atoms with Gasteiger partial charge in [-0.05, 0) is 6.42 Å². The highest BCUT2D eigenvalue weighted by Crippen LogP contribution is 1.94. The van der Waals surface area contributed by atoms with Crippen molar-refractivity contribution in [1.82, 2.24) is 15.3 Å². The number of aromatic nitrogens is 2. The lowest BCUT2D eigenvalue weighted by molar-refractivity contribution is -0.138. The van der Waals surface area contributed by atoms with Crippen LogP contribution in [0.15, 0.2) is 12.4 Å². The van der Waals surface area contributed by atoms with Crippen LogP contribution in [-0.4, -0.2) is 33.5 Å². The third-order valence-electron chi connectivity index (χ3n) is 2.03. The number of amides is 1. The summed E-state index contributed by atoms with van der Waals surface area (Å²) in [5.74, 6) is -0.285. The molecular formula is C10H15N3O3. The number of aliphatic carboxylic acids is 1. The van der Waals surface area contributed by atoms with E-state index in [-0.39, 0.29) is 18.7 Å². The summed E-state index contributed by atoms with van der Waals surface area (Å²) in [7, 11) is 0. The van der Waals surface area contributed by atoms with Gasteiger partial charge in [0.2, 0.25) is 5.91 Å². The number of H-pyrrole nitrogens is 1. The van der Waals surface area contributed by atoms with Gasteiger partial charge in [0, 0.05) is 31.8 Å². The Kier molecular flexibility index (Phi) is 5.04. The van der Waals surface area contributed by atoms with Crippen molar-refractivity contribution in [3.8, 4) is 0 Å². The fraction of sp³-hybridized carbons (Fsp3) is 0.500. The van der Waals surface area contributed by atoms with Crippen LogP contribution < -0.4 is 5.32 Å². The zero-order valence-electron chi connectivity index (χ0n) is 8.90. The van der Waals surface area contributed by atoms with E-state index in [0.717, 1.165) is 18.7 Å². The predicted octanol–water partition coefficient (Wildman–Crippen LogP) is 0.323. The van der Waals surface area contributed by atoms with Crippen molar-refractivity contribution >= 4 is 11.9 Å². The van der Waals surface area contributed by atoms with E-state index in [9.17, 15) is 9.59 Å². The van der Waals surface area contributed by atoms with Gasteiger partial charge in [0.05, 0.1) is 6.42 Å². The van der Waals surface area contributed by atoms with Gasteiger partial charge in [0.15, 0.2) is 0 Å². The number of carbonyl (C=O) groups excluding carboxylic acids is 1. The molecule has 1 rings (SSSR count). The van der Waals surface area contributed by atoms with Gasteiger partial charge < -0.3 is 15.4 Å². The highest BCUT2D eigenvalue weighted by atomic mass is 16.4. The summed E-state index contributed by atoms with van der Waals surface area (Å²) in [6.07, 6.45) is 4.90.